The molecule has 0 N–H and O–H groups in total. The molecule has 3 rings (SSSR count). The van der Waals surface area contributed by atoms with E-state index >= 15 is 0 Å². The van der Waals surface area contributed by atoms with E-state index in [1.54, 1.807) is 17.0 Å². The summed E-state index contributed by atoms with van der Waals surface area (Å²) in [7, 11) is 2.00. The van der Waals surface area contributed by atoms with Crippen molar-refractivity contribution in [1.82, 2.24) is 14.7 Å². The van der Waals surface area contributed by atoms with Crippen molar-refractivity contribution in [2.75, 3.05) is 39.8 Å². The van der Waals surface area contributed by atoms with Crippen molar-refractivity contribution in [3.8, 4) is 0 Å². The van der Waals surface area contributed by atoms with Gasteiger partial charge in [-0.3, -0.25) is 19.3 Å². The summed E-state index contributed by atoms with van der Waals surface area (Å²) in [6.45, 7) is 2.63. The molecule has 3 amide bonds. The van der Waals surface area contributed by atoms with Crippen molar-refractivity contribution in [2.24, 2.45) is 0 Å². The van der Waals surface area contributed by atoms with Crippen LogP contribution < -0.4 is 0 Å². The van der Waals surface area contributed by atoms with Crippen LogP contribution in [0.2, 0.25) is 0 Å². The lowest BCUT2D eigenvalue weighted by atomic mass is 10.3. The minimum absolute atomic E-state index is 0.195. The third-order valence-corrected chi connectivity index (χ3v) is 4.75. The molecule has 3 heterocycles. The lowest BCUT2D eigenvalue weighted by Crippen LogP contribution is -2.50. The van der Waals surface area contributed by atoms with Crippen molar-refractivity contribution in [3.05, 3.63) is 29.1 Å². The maximum absolute atomic E-state index is 12.3. The van der Waals surface area contributed by atoms with E-state index in [1.165, 1.54) is 12.3 Å². The number of thioether (sulfide) groups is 1. The molecular formula is C15H17N3O4S. The number of piperazine rings is 1. The normalized spacial score (nSPS) is 21.5. The average Bonchev–Trinajstić information content (AvgIpc) is 3.12. The summed E-state index contributed by atoms with van der Waals surface area (Å²) in [5.74, 6) is -0.139. The number of furan rings is 1. The number of imide groups is 1. The average molecular weight is 335 g/mol. The predicted molar refractivity (Wildman–Crippen MR) is 85.5 cm³/mol. The summed E-state index contributed by atoms with van der Waals surface area (Å²) in [6.07, 6.45) is 3.01. The molecule has 23 heavy (non-hydrogen) atoms. The van der Waals surface area contributed by atoms with Gasteiger partial charge in [-0.1, -0.05) is 0 Å². The van der Waals surface area contributed by atoms with Crippen molar-refractivity contribution < 1.29 is 18.8 Å². The Hall–Kier alpha value is -2.06. The lowest BCUT2D eigenvalue weighted by molar-refractivity contribution is -0.137. The third-order valence-electron chi connectivity index (χ3n) is 3.84. The van der Waals surface area contributed by atoms with Crippen LogP contribution in [0.4, 0.5) is 4.79 Å². The van der Waals surface area contributed by atoms with Gasteiger partial charge in [0.25, 0.3) is 11.1 Å². The first-order chi connectivity index (χ1) is 11.0. The fourth-order valence-electron chi connectivity index (χ4n) is 2.43. The van der Waals surface area contributed by atoms with Gasteiger partial charge < -0.3 is 14.2 Å². The Bertz CT molecular complexity index is 648. The Labute approximate surface area is 137 Å². The maximum atomic E-state index is 12.3. The molecule has 0 unspecified atom stereocenters. The number of likely N-dealkylation sites (N-methyl/N-ethyl adjacent to an activating group) is 1. The lowest BCUT2D eigenvalue weighted by Gasteiger charge is -2.33. The van der Waals surface area contributed by atoms with E-state index in [-0.39, 0.29) is 17.4 Å². The molecule has 8 heteroatoms. The minimum atomic E-state index is -0.445. The van der Waals surface area contributed by atoms with Crippen LogP contribution in [0.25, 0.3) is 6.08 Å². The van der Waals surface area contributed by atoms with Gasteiger partial charge in [0, 0.05) is 32.3 Å². The molecule has 0 aliphatic carbocycles. The highest BCUT2D eigenvalue weighted by Gasteiger charge is 2.37. The predicted octanol–water partition coefficient (Wildman–Crippen LogP) is 1.09. The summed E-state index contributed by atoms with van der Waals surface area (Å²) in [6, 6.07) is 3.40. The standard InChI is InChI=1S/C15H17N3O4S/c1-16-4-6-17(7-5-16)13(19)10-18-14(20)12(23-15(18)21)9-11-3-2-8-22-11/h2-3,8-9H,4-7,10H2,1H3/b12-9+. The van der Waals surface area contributed by atoms with Crippen LogP contribution in [0, 0.1) is 0 Å². The molecule has 0 bridgehead atoms. The first kappa shape index (κ1) is 15.8. The van der Waals surface area contributed by atoms with E-state index in [9.17, 15) is 14.4 Å². The topological polar surface area (TPSA) is 74.1 Å². The molecule has 2 saturated heterocycles. The number of hydrogen-bond acceptors (Lipinski definition) is 6. The summed E-state index contributed by atoms with van der Waals surface area (Å²) in [4.78, 5) is 41.7. The monoisotopic (exact) mass is 335 g/mol. The Balaban J connectivity index is 1.65. The number of nitrogens with zero attached hydrogens (tertiary/aromatic N) is 3. The zero-order valence-corrected chi connectivity index (χ0v) is 13.5. The first-order valence-electron chi connectivity index (χ1n) is 7.30. The molecule has 2 aliphatic heterocycles. The van der Waals surface area contributed by atoms with Crippen molar-refractivity contribution in [3.63, 3.8) is 0 Å². The smallest absolute Gasteiger partial charge is 0.294 e. The van der Waals surface area contributed by atoms with Crippen molar-refractivity contribution in [2.45, 2.75) is 0 Å². The van der Waals surface area contributed by atoms with Crippen LogP contribution in [-0.2, 0) is 9.59 Å². The molecule has 0 spiro atoms. The quantitative estimate of drug-likeness (QED) is 0.770. The molecule has 2 aliphatic rings. The van der Waals surface area contributed by atoms with Crippen LogP contribution in [-0.4, -0.2) is 71.5 Å². The van der Waals surface area contributed by atoms with Crippen LogP contribution in [0.1, 0.15) is 5.76 Å². The molecule has 0 atom stereocenters. The molecule has 1 aromatic rings. The van der Waals surface area contributed by atoms with E-state index < -0.39 is 11.1 Å². The van der Waals surface area contributed by atoms with Gasteiger partial charge in [-0.15, -0.1) is 0 Å². The van der Waals surface area contributed by atoms with E-state index in [4.69, 9.17) is 4.42 Å². The molecule has 122 valence electrons. The highest BCUT2D eigenvalue weighted by molar-refractivity contribution is 8.18. The van der Waals surface area contributed by atoms with Gasteiger partial charge in [-0.25, -0.2) is 0 Å². The molecular weight excluding hydrogens is 318 g/mol. The van der Waals surface area contributed by atoms with E-state index in [0.29, 0.717) is 18.8 Å². The second-order valence-electron chi connectivity index (χ2n) is 5.47. The number of carbonyl (C=O) groups is 3. The maximum Gasteiger partial charge on any atom is 0.294 e. The van der Waals surface area contributed by atoms with Gasteiger partial charge in [-0.2, -0.15) is 0 Å². The molecule has 7 nitrogen and oxygen atoms in total. The van der Waals surface area contributed by atoms with Crippen LogP contribution in [0.15, 0.2) is 27.7 Å². The summed E-state index contributed by atoms with van der Waals surface area (Å²) >= 11 is 0.829. The Morgan fingerprint density at radius 3 is 2.70 bits per heavy atom. The van der Waals surface area contributed by atoms with E-state index in [1.807, 2.05) is 7.05 Å². The fraction of sp³-hybridized carbons (Fsp3) is 0.400. The number of rotatable bonds is 3. The second kappa shape index (κ2) is 6.59. The van der Waals surface area contributed by atoms with Gasteiger partial charge in [0.1, 0.15) is 12.3 Å². The molecule has 0 aromatic carbocycles. The van der Waals surface area contributed by atoms with Crippen LogP contribution >= 0.6 is 11.8 Å². The van der Waals surface area contributed by atoms with Gasteiger partial charge in [0.15, 0.2) is 0 Å². The number of carbonyl (C=O) groups excluding carboxylic acids is 3. The number of amides is 3. The Kier molecular flexibility index (Phi) is 4.53. The van der Waals surface area contributed by atoms with Crippen molar-refractivity contribution in [1.29, 1.82) is 0 Å². The van der Waals surface area contributed by atoms with E-state index in [0.717, 1.165) is 29.8 Å². The molecule has 2 fully saturated rings. The Morgan fingerprint density at radius 2 is 2.04 bits per heavy atom. The molecule has 0 radical (unpaired) electrons. The summed E-state index contributed by atoms with van der Waals surface area (Å²) < 4.78 is 5.15. The first-order valence-corrected chi connectivity index (χ1v) is 8.11. The van der Waals surface area contributed by atoms with Gasteiger partial charge in [0.2, 0.25) is 5.91 Å². The van der Waals surface area contributed by atoms with Gasteiger partial charge in [-0.05, 0) is 30.9 Å². The second-order valence-corrected chi connectivity index (χ2v) is 6.46. The Morgan fingerprint density at radius 1 is 1.30 bits per heavy atom. The summed E-state index contributed by atoms with van der Waals surface area (Å²) in [5, 5.41) is -0.421. The SMILES string of the molecule is CN1CCN(C(=O)CN2C(=O)S/C(=C/c3ccco3)C2=O)CC1. The van der Waals surface area contributed by atoms with Crippen LogP contribution in [0.5, 0.6) is 0 Å². The summed E-state index contributed by atoms with van der Waals surface area (Å²) in [5.41, 5.74) is 0. The fourth-order valence-corrected chi connectivity index (χ4v) is 3.25. The minimum Gasteiger partial charge on any atom is -0.465 e. The van der Waals surface area contributed by atoms with Crippen molar-refractivity contribution >= 4 is 34.9 Å². The largest absolute Gasteiger partial charge is 0.465 e. The third kappa shape index (κ3) is 3.48. The van der Waals surface area contributed by atoms with Gasteiger partial charge in [0.05, 0.1) is 11.2 Å². The molecule has 0 saturated carbocycles. The van der Waals surface area contributed by atoms with Crippen LogP contribution in [0.3, 0.4) is 0 Å². The highest BCUT2D eigenvalue weighted by atomic mass is 32.2. The van der Waals surface area contributed by atoms with Gasteiger partial charge >= 0.3 is 0 Å². The molecule has 1 aromatic heterocycles. The van der Waals surface area contributed by atoms with E-state index in [2.05, 4.69) is 4.90 Å². The highest BCUT2D eigenvalue weighted by Crippen LogP contribution is 2.32. The zero-order valence-electron chi connectivity index (χ0n) is 12.7. The number of hydrogen-bond donors (Lipinski definition) is 0. The zero-order chi connectivity index (χ0) is 16.4.